The predicted octanol–water partition coefficient (Wildman–Crippen LogP) is -11.5. The first-order valence-electron chi connectivity index (χ1n) is 19.8. The number of amides is 2. The van der Waals surface area contributed by atoms with E-state index >= 15 is 0 Å². The van der Waals surface area contributed by atoms with Gasteiger partial charge in [0.1, 0.15) is 111 Å². The van der Waals surface area contributed by atoms with E-state index in [0.29, 0.717) is 0 Å². The quantitative estimate of drug-likeness (QED) is 0.0250. The molecule has 5 rings (SSSR count). The Kier molecular flexibility index (Phi) is 19.3. The summed E-state index contributed by atoms with van der Waals surface area (Å²) in [5.74, 6) is 5.66. The van der Waals surface area contributed by atoms with Crippen molar-refractivity contribution in [3.8, 4) is 11.5 Å². The SMILES string of the molecule is NNC(=O)c1oc(C(=O)NN)c(OCCO[C@@H]2O[C@H](CO)[C@@H](O[C@@H]3O[C@H](CO)[C@H](O)[C@H](O)[C@H]3O)[C@H](O)[C@H]2O)c1OCCO[C@@H]1O[C@H](CO)[C@@H](O[C@@H]2O[C@H](CO)[C@H](O)[C@H](O)[C@H]2O)[C@H](O)[C@H]1O. The van der Waals surface area contributed by atoms with Gasteiger partial charge in [0.05, 0.1) is 39.6 Å². The highest BCUT2D eigenvalue weighted by atomic mass is 16.8. The monoisotopic (exact) mass is 952 g/mol. The summed E-state index contributed by atoms with van der Waals surface area (Å²) in [5, 5.41) is 143. The largest absolute Gasteiger partial charge is 0.484 e. The Morgan fingerprint density at radius 3 is 1.09 bits per heavy atom. The van der Waals surface area contributed by atoms with Crippen LogP contribution in [0.15, 0.2) is 4.42 Å². The number of hydrogen-bond donors (Lipinski definition) is 18. The van der Waals surface area contributed by atoms with Crippen LogP contribution < -0.4 is 32.0 Å². The van der Waals surface area contributed by atoms with Gasteiger partial charge in [-0.05, 0) is 0 Å². The van der Waals surface area contributed by atoms with Crippen molar-refractivity contribution >= 4 is 11.8 Å². The van der Waals surface area contributed by atoms with Gasteiger partial charge in [0.25, 0.3) is 0 Å². The highest BCUT2D eigenvalue weighted by Gasteiger charge is 2.52. The summed E-state index contributed by atoms with van der Waals surface area (Å²) >= 11 is 0. The minimum absolute atomic E-state index is 0.535. The highest BCUT2D eigenvalue weighted by Crippen LogP contribution is 2.39. The summed E-state index contributed by atoms with van der Waals surface area (Å²) in [4.78, 5) is 25.4. The van der Waals surface area contributed by atoms with Crippen LogP contribution in [-0.2, 0) is 37.9 Å². The van der Waals surface area contributed by atoms with Crippen LogP contribution in [0.2, 0.25) is 0 Å². The molecule has 2 amide bonds. The first-order valence-corrected chi connectivity index (χ1v) is 19.8. The molecule has 20 atom stereocenters. The maximum Gasteiger partial charge on any atom is 0.304 e. The number of nitrogens with two attached hydrogens (primary N) is 2. The summed E-state index contributed by atoms with van der Waals surface area (Å²) < 4.78 is 60.3. The zero-order chi connectivity index (χ0) is 47.9. The molecule has 4 aliphatic rings. The van der Waals surface area contributed by atoms with Crippen LogP contribution in [0.1, 0.15) is 21.1 Å². The van der Waals surface area contributed by atoms with Gasteiger partial charge in [-0.25, -0.2) is 11.7 Å². The third-order valence-corrected chi connectivity index (χ3v) is 10.6. The summed E-state index contributed by atoms with van der Waals surface area (Å²) in [5.41, 5.74) is 3.55. The molecule has 0 aromatic carbocycles. The van der Waals surface area contributed by atoms with Gasteiger partial charge < -0.3 is 123 Å². The Hall–Kier alpha value is -3.14. The molecule has 1 aromatic heterocycles. The molecule has 0 saturated carbocycles. The van der Waals surface area contributed by atoms with E-state index in [-0.39, 0.29) is 0 Å². The van der Waals surface area contributed by atoms with Gasteiger partial charge in [0, 0.05) is 0 Å². The third-order valence-electron chi connectivity index (χ3n) is 10.6. The number of ether oxygens (including phenoxy) is 10. The van der Waals surface area contributed by atoms with E-state index in [2.05, 4.69) is 0 Å². The number of aliphatic hydroxyl groups excluding tert-OH is 14. The molecule has 31 heteroatoms. The number of nitrogen functional groups attached to an aromatic ring is 2. The number of aliphatic hydroxyl groups is 14. The first kappa shape index (κ1) is 52.8. The van der Waals surface area contributed by atoms with Crippen molar-refractivity contribution in [3.05, 3.63) is 11.5 Å². The van der Waals surface area contributed by atoms with Gasteiger partial charge in [0.15, 0.2) is 25.2 Å². The average molecular weight is 953 g/mol. The predicted molar refractivity (Wildman–Crippen MR) is 198 cm³/mol. The van der Waals surface area contributed by atoms with Crippen molar-refractivity contribution < 1.29 is 133 Å². The smallest absolute Gasteiger partial charge is 0.304 e. The van der Waals surface area contributed by atoms with E-state index < -0.39 is 211 Å². The molecule has 31 nitrogen and oxygen atoms in total. The van der Waals surface area contributed by atoms with Gasteiger partial charge in [-0.15, -0.1) is 0 Å². The van der Waals surface area contributed by atoms with E-state index in [1.54, 1.807) is 10.9 Å². The molecule has 5 heterocycles. The lowest BCUT2D eigenvalue weighted by Crippen LogP contribution is -2.64. The highest BCUT2D eigenvalue weighted by molar-refractivity contribution is 6.00. The fourth-order valence-electron chi connectivity index (χ4n) is 7.10. The normalized spacial score (nSPS) is 40.0. The van der Waals surface area contributed by atoms with Crippen molar-refractivity contribution in [2.24, 2.45) is 11.7 Å². The molecule has 65 heavy (non-hydrogen) atoms. The topological polar surface area (TPSA) is 499 Å². The standard InChI is InChI=1S/C34H56N4O27/c35-37-29(53)27-25(55-1-3-57-31-21(51)17(47)23(11(7-41)61-31)64-33-19(49)15(45)13(43)9(5-39)59-33)26(28(63-27)30(54)38-36)56-2-4-58-32-22(52)18(48)24(12(8-42)62-32)65-34-20(50)16(46)14(44)10(6-40)60-34/h9-24,31-34,39-52H,1-8,35-36H2,(H,37,53)(H,38,54)/t9-,10-,11-,12-,13+,14+,15+,16+,17-,18-,19-,20-,21-,22-,23-,24-,31-,32-,33+,34+/m1/s1. The molecule has 0 unspecified atom stereocenters. The molecule has 0 bridgehead atoms. The maximum absolute atomic E-state index is 12.7. The Labute approximate surface area is 365 Å². The second kappa shape index (κ2) is 23.7. The van der Waals surface area contributed by atoms with E-state index in [0.717, 1.165) is 0 Å². The summed E-state index contributed by atoms with van der Waals surface area (Å²) in [6.45, 7) is -5.50. The fraction of sp³-hybridized carbons (Fsp3) is 0.824. The van der Waals surface area contributed by atoms with E-state index in [4.69, 9.17) is 63.5 Å². The molecular formula is C34H56N4O27. The molecule has 374 valence electrons. The molecular weight excluding hydrogens is 896 g/mol. The molecule has 0 radical (unpaired) electrons. The summed E-state index contributed by atoms with van der Waals surface area (Å²) in [6, 6.07) is 0. The summed E-state index contributed by atoms with van der Waals surface area (Å²) in [7, 11) is 0. The molecule has 20 N–H and O–H groups in total. The minimum Gasteiger partial charge on any atom is -0.484 e. The third kappa shape index (κ3) is 11.6. The van der Waals surface area contributed by atoms with E-state index in [9.17, 15) is 81.1 Å². The number of nitrogens with one attached hydrogen (secondary N) is 2. The molecule has 0 spiro atoms. The van der Waals surface area contributed by atoms with Crippen molar-refractivity contribution in [1.29, 1.82) is 0 Å². The van der Waals surface area contributed by atoms with Crippen LogP contribution in [0.5, 0.6) is 11.5 Å². The Bertz CT molecular complexity index is 1540. The van der Waals surface area contributed by atoms with Crippen molar-refractivity contribution in [3.63, 3.8) is 0 Å². The van der Waals surface area contributed by atoms with Gasteiger partial charge in [-0.2, -0.15) is 0 Å². The lowest BCUT2D eigenvalue weighted by molar-refractivity contribution is -0.359. The lowest BCUT2D eigenvalue weighted by atomic mass is 9.97. The molecule has 4 saturated heterocycles. The number of hydrogen-bond acceptors (Lipinski definition) is 29. The van der Waals surface area contributed by atoms with E-state index in [1.807, 2.05) is 0 Å². The number of rotatable bonds is 20. The second-order valence-electron chi connectivity index (χ2n) is 14.8. The van der Waals surface area contributed by atoms with Crippen molar-refractivity contribution in [2.75, 3.05) is 52.9 Å². The zero-order valence-electron chi connectivity index (χ0n) is 33.9. The van der Waals surface area contributed by atoms with Gasteiger partial charge in [-0.3, -0.25) is 20.4 Å². The molecule has 4 aliphatic heterocycles. The van der Waals surface area contributed by atoms with Gasteiger partial charge in [-0.1, -0.05) is 0 Å². The molecule has 1 aromatic rings. The lowest BCUT2D eigenvalue weighted by Gasteiger charge is -2.45. The minimum atomic E-state index is -1.92. The summed E-state index contributed by atoms with van der Waals surface area (Å²) in [6.07, 6.45) is -34.5. The zero-order valence-corrected chi connectivity index (χ0v) is 33.9. The first-order chi connectivity index (χ1) is 31.0. The van der Waals surface area contributed by atoms with Crippen molar-refractivity contribution in [2.45, 2.75) is 123 Å². The Balaban J connectivity index is 1.20. The van der Waals surface area contributed by atoms with Crippen LogP contribution >= 0.6 is 0 Å². The van der Waals surface area contributed by atoms with Crippen LogP contribution in [0.25, 0.3) is 0 Å². The van der Waals surface area contributed by atoms with Crippen LogP contribution in [0.3, 0.4) is 0 Å². The number of hydrazine groups is 2. The van der Waals surface area contributed by atoms with Crippen LogP contribution in [0.4, 0.5) is 0 Å². The number of carbonyl (C=O) groups excluding carboxylic acids is 2. The Morgan fingerprint density at radius 2 is 0.769 bits per heavy atom. The van der Waals surface area contributed by atoms with E-state index in [1.165, 1.54) is 0 Å². The number of furan rings is 1. The Morgan fingerprint density at radius 1 is 0.446 bits per heavy atom. The van der Waals surface area contributed by atoms with Crippen molar-refractivity contribution in [1.82, 2.24) is 10.9 Å². The van der Waals surface area contributed by atoms with Crippen LogP contribution in [0, 0.1) is 0 Å². The second-order valence-corrected chi connectivity index (χ2v) is 14.8. The molecule has 4 fully saturated rings. The maximum atomic E-state index is 12.7. The fourth-order valence-corrected chi connectivity index (χ4v) is 7.10. The van der Waals surface area contributed by atoms with Gasteiger partial charge >= 0.3 is 11.8 Å². The number of carbonyl (C=O) groups is 2. The van der Waals surface area contributed by atoms with Crippen LogP contribution in [-0.4, -0.2) is 259 Å². The average Bonchev–Trinajstić information content (AvgIpc) is 3.67. The molecule has 0 aliphatic carbocycles. The van der Waals surface area contributed by atoms with Gasteiger partial charge in [0.2, 0.25) is 23.0 Å².